The number of ether oxygens (including phenoxy) is 1. The minimum Gasteiger partial charge on any atom is -0.467 e. The summed E-state index contributed by atoms with van der Waals surface area (Å²) >= 11 is 3.38. The quantitative estimate of drug-likeness (QED) is 0.809. The molecule has 0 aliphatic heterocycles. The Morgan fingerprint density at radius 2 is 2.11 bits per heavy atom. The molecule has 1 rings (SSSR count). The Kier molecular flexibility index (Phi) is 5.82. The molecule has 0 spiro atoms. The van der Waals surface area contributed by atoms with Crippen LogP contribution in [0.1, 0.15) is 12.5 Å². The molecule has 0 aliphatic carbocycles. The lowest BCUT2D eigenvalue weighted by Crippen LogP contribution is -2.45. The van der Waals surface area contributed by atoms with Gasteiger partial charge in [-0.2, -0.15) is 0 Å². The van der Waals surface area contributed by atoms with Crippen molar-refractivity contribution >= 4 is 33.5 Å². The first-order valence-electron chi connectivity index (χ1n) is 5.79. The Morgan fingerprint density at radius 1 is 1.42 bits per heavy atom. The first-order chi connectivity index (χ1) is 8.93. The van der Waals surface area contributed by atoms with Crippen LogP contribution in [0.2, 0.25) is 0 Å². The van der Waals surface area contributed by atoms with E-state index >= 15 is 0 Å². The second-order valence-electron chi connectivity index (χ2n) is 4.12. The summed E-state index contributed by atoms with van der Waals surface area (Å²) in [6.07, 6.45) is 0. The fourth-order valence-electron chi connectivity index (χ4n) is 1.62. The average Bonchev–Trinajstić information content (AvgIpc) is 2.34. The third kappa shape index (κ3) is 4.90. The normalized spacial score (nSPS) is 11.6. The summed E-state index contributed by atoms with van der Waals surface area (Å²) in [6.45, 7) is 3.59. The standard InChI is InChI=1S/C13H17BrN2O3/c1-8-6-10(14)4-5-11(8)15-7-12(13(18)19-3)16-9(2)17/h4-6,12,15H,7H2,1-3H3,(H,16,17). The number of nitrogens with one attached hydrogen (secondary N) is 2. The Hall–Kier alpha value is -1.56. The molecule has 104 valence electrons. The summed E-state index contributed by atoms with van der Waals surface area (Å²) in [4.78, 5) is 22.6. The highest BCUT2D eigenvalue weighted by molar-refractivity contribution is 9.10. The van der Waals surface area contributed by atoms with Crippen LogP contribution in [0.25, 0.3) is 0 Å². The van der Waals surface area contributed by atoms with E-state index in [0.717, 1.165) is 15.7 Å². The smallest absolute Gasteiger partial charge is 0.330 e. The molecule has 0 aliphatic rings. The summed E-state index contributed by atoms with van der Waals surface area (Å²) in [5.41, 5.74) is 1.95. The number of carbonyl (C=O) groups is 2. The van der Waals surface area contributed by atoms with Gasteiger partial charge in [-0.05, 0) is 30.7 Å². The number of amides is 1. The van der Waals surface area contributed by atoms with Crippen LogP contribution in [-0.2, 0) is 14.3 Å². The SMILES string of the molecule is COC(=O)C(CNc1ccc(Br)cc1C)NC(C)=O. The number of esters is 1. The van der Waals surface area contributed by atoms with E-state index in [4.69, 9.17) is 0 Å². The number of hydrogen-bond donors (Lipinski definition) is 2. The average molecular weight is 329 g/mol. The van der Waals surface area contributed by atoms with E-state index in [1.54, 1.807) is 0 Å². The minimum absolute atomic E-state index is 0.273. The van der Waals surface area contributed by atoms with Crippen LogP contribution in [0.3, 0.4) is 0 Å². The predicted octanol–water partition coefficient (Wildman–Crippen LogP) is 1.85. The first kappa shape index (κ1) is 15.5. The van der Waals surface area contributed by atoms with E-state index in [0.29, 0.717) is 0 Å². The van der Waals surface area contributed by atoms with E-state index in [1.807, 2.05) is 25.1 Å². The predicted molar refractivity (Wildman–Crippen MR) is 77.0 cm³/mol. The van der Waals surface area contributed by atoms with Gasteiger partial charge in [-0.25, -0.2) is 4.79 Å². The fraction of sp³-hybridized carbons (Fsp3) is 0.385. The number of carbonyl (C=O) groups excluding carboxylic acids is 2. The van der Waals surface area contributed by atoms with E-state index in [-0.39, 0.29) is 12.5 Å². The molecule has 6 heteroatoms. The third-order valence-electron chi connectivity index (χ3n) is 2.55. The largest absolute Gasteiger partial charge is 0.467 e. The molecule has 0 saturated carbocycles. The van der Waals surface area contributed by atoms with Gasteiger partial charge < -0.3 is 15.4 Å². The van der Waals surface area contributed by atoms with Crippen molar-refractivity contribution in [2.75, 3.05) is 19.0 Å². The van der Waals surface area contributed by atoms with E-state index in [9.17, 15) is 9.59 Å². The van der Waals surface area contributed by atoms with E-state index < -0.39 is 12.0 Å². The monoisotopic (exact) mass is 328 g/mol. The van der Waals surface area contributed by atoms with Crippen molar-refractivity contribution in [3.05, 3.63) is 28.2 Å². The fourth-order valence-corrected chi connectivity index (χ4v) is 2.09. The molecule has 0 saturated heterocycles. The summed E-state index contributed by atoms with van der Waals surface area (Å²) < 4.78 is 5.64. The van der Waals surface area contributed by atoms with Crippen LogP contribution < -0.4 is 10.6 Å². The van der Waals surface area contributed by atoms with Crippen molar-refractivity contribution in [1.82, 2.24) is 5.32 Å². The van der Waals surface area contributed by atoms with Gasteiger partial charge in [0, 0.05) is 23.6 Å². The summed E-state index contributed by atoms with van der Waals surface area (Å²) in [6, 6.07) is 5.07. The topological polar surface area (TPSA) is 67.4 Å². The molecule has 5 nitrogen and oxygen atoms in total. The molecule has 1 aromatic rings. The van der Waals surface area contributed by atoms with Gasteiger partial charge in [0.1, 0.15) is 6.04 Å². The number of hydrogen-bond acceptors (Lipinski definition) is 4. The molecule has 0 radical (unpaired) electrons. The number of methoxy groups -OCH3 is 1. The van der Waals surface area contributed by atoms with Crippen molar-refractivity contribution in [3.8, 4) is 0 Å². The van der Waals surface area contributed by atoms with Gasteiger partial charge in [0.25, 0.3) is 0 Å². The van der Waals surface area contributed by atoms with Gasteiger partial charge in [0.2, 0.25) is 5.91 Å². The molecule has 0 aromatic heterocycles. The van der Waals surface area contributed by atoms with Crippen molar-refractivity contribution in [2.45, 2.75) is 19.9 Å². The van der Waals surface area contributed by atoms with Crippen LogP contribution in [0, 0.1) is 6.92 Å². The van der Waals surface area contributed by atoms with Crippen molar-refractivity contribution < 1.29 is 14.3 Å². The number of anilines is 1. The molecule has 0 fully saturated rings. The minimum atomic E-state index is -0.703. The zero-order valence-corrected chi connectivity index (χ0v) is 12.7. The maximum Gasteiger partial charge on any atom is 0.330 e. The van der Waals surface area contributed by atoms with Gasteiger partial charge in [0.15, 0.2) is 0 Å². The lowest BCUT2D eigenvalue weighted by molar-refractivity contribution is -0.144. The van der Waals surface area contributed by atoms with Crippen molar-refractivity contribution in [2.24, 2.45) is 0 Å². The number of benzene rings is 1. The molecule has 0 heterocycles. The van der Waals surface area contributed by atoms with Gasteiger partial charge in [-0.3, -0.25) is 4.79 Å². The third-order valence-corrected chi connectivity index (χ3v) is 3.04. The first-order valence-corrected chi connectivity index (χ1v) is 6.58. The maximum atomic E-state index is 11.5. The van der Waals surface area contributed by atoms with Gasteiger partial charge in [0.05, 0.1) is 7.11 Å². The molecule has 1 aromatic carbocycles. The second kappa shape index (κ2) is 7.13. The van der Waals surface area contributed by atoms with Crippen LogP contribution in [0.15, 0.2) is 22.7 Å². The summed E-state index contributed by atoms with van der Waals surface area (Å²) in [5, 5.41) is 5.67. The highest BCUT2D eigenvalue weighted by Gasteiger charge is 2.19. The summed E-state index contributed by atoms with van der Waals surface area (Å²) in [7, 11) is 1.29. The van der Waals surface area contributed by atoms with Gasteiger partial charge in [-0.1, -0.05) is 15.9 Å². The Labute approximate surface area is 120 Å². The number of rotatable bonds is 5. The van der Waals surface area contributed by atoms with E-state index in [2.05, 4.69) is 31.3 Å². The molecule has 2 N–H and O–H groups in total. The summed E-state index contributed by atoms with van der Waals surface area (Å²) in [5.74, 6) is -0.748. The number of halogens is 1. The molecular weight excluding hydrogens is 312 g/mol. The molecule has 19 heavy (non-hydrogen) atoms. The maximum absolute atomic E-state index is 11.5. The molecule has 1 amide bonds. The molecule has 1 atom stereocenters. The molecule has 0 bridgehead atoms. The van der Waals surface area contributed by atoms with Crippen molar-refractivity contribution in [1.29, 1.82) is 0 Å². The zero-order valence-electron chi connectivity index (χ0n) is 11.1. The van der Waals surface area contributed by atoms with Crippen LogP contribution in [0.4, 0.5) is 5.69 Å². The van der Waals surface area contributed by atoms with Gasteiger partial charge in [-0.15, -0.1) is 0 Å². The van der Waals surface area contributed by atoms with E-state index in [1.165, 1.54) is 14.0 Å². The molecule has 1 unspecified atom stereocenters. The Balaban J connectivity index is 2.70. The highest BCUT2D eigenvalue weighted by atomic mass is 79.9. The zero-order chi connectivity index (χ0) is 14.4. The number of aryl methyl sites for hydroxylation is 1. The van der Waals surface area contributed by atoms with Crippen LogP contribution in [-0.4, -0.2) is 31.6 Å². The Bertz CT molecular complexity index is 477. The second-order valence-corrected chi connectivity index (χ2v) is 5.03. The molecular formula is C13H17BrN2O3. The van der Waals surface area contributed by atoms with Gasteiger partial charge >= 0.3 is 5.97 Å². The van der Waals surface area contributed by atoms with Crippen LogP contribution in [0.5, 0.6) is 0 Å². The van der Waals surface area contributed by atoms with Crippen molar-refractivity contribution in [3.63, 3.8) is 0 Å². The lowest BCUT2D eigenvalue weighted by atomic mass is 10.2. The highest BCUT2D eigenvalue weighted by Crippen LogP contribution is 2.19. The lowest BCUT2D eigenvalue weighted by Gasteiger charge is -2.17. The Morgan fingerprint density at radius 3 is 2.63 bits per heavy atom. The van der Waals surface area contributed by atoms with Crippen LogP contribution >= 0.6 is 15.9 Å².